The summed E-state index contributed by atoms with van der Waals surface area (Å²) < 4.78 is 1.88. The van der Waals surface area contributed by atoms with Crippen molar-refractivity contribution in [2.24, 2.45) is 5.92 Å². The fraction of sp³-hybridized carbons (Fsp3) is 0.600. The molecular formula is C25H36N4O. The van der Waals surface area contributed by atoms with E-state index in [1.807, 2.05) is 22.7 Å². The lowest BCUT2D eigenvalue weighted by molar-refractivity contribution is 0.0545. The molecule has 0 spiro atoms. The van der Waals surface area contributed by atoms with Crippen LogP contribution in [0.2, 0.25) is 0 Å². The van der Waals surface area contributed by atoms with Gasteiger partial charge in [0.15, 0.2) is 0 Å². The van der Waals surface area contributed by atoms with Crippen LogP contribution in [0.15, 0.2) is 30.3 Å². The monoisotopic (exact) mass is 408 g/mol. The van der Waals surface area contributed by atoms with Crippen LogP contribution in [-0.4, -0.2) is 57.7 Å². The molecule has 1 atom stereocenters. The van der Waals surface area contributed by atoms with Gasteiger partial charge in [0, 0.05) is 32.2 Å². The Morgan fingerprint density at radius 2 is 1.93 bits per heavy atom. The minimum atomic E-state index is 0.112. The van der Waals surface area contributed by atoms with E-state index < -0.39 is 0 Å². The molecule has 1 amide bonds. The fourth-order valence-corrected chi connectivity index (χ4v) is 5.17. The normalized spacial score (nSPS) is 20.0. The quantitative estimate of drug-likeness (QED) is 0.730. The number of nitrogens with zero attached hydrogens (tertiary/aromatic N) is 4. The number of aryl methyl sites for hydroxylation is 1. The number of carbonyl (C=O) groups is 1. The van der Waals surface area contributed by atoms with E-state index in [-0.39, 0.29) is 11.9 Å². The number of hydrogen-bond donors (Lipinski definition) is 0. The Hall–Kier alpha value is -2.14. The van der Waals surface area contributed by atoms with Crippen LogP contribution in [0.25, 0.3) is 0 Å². The fourth-order valence-electron chi connectivity index (χ4n) is 5.17. The van der Waals surface area contributed by atoms with Crippen molar-refractivity contribution in [2.75, 3.05) is 20.1 Å². The molecule has 5 nitrogen and oxygen atoms in total. The molecule has 0 bridgehead atoms. The van der Waals surface area contributed by atoms with Gasteiger partial charge in [-0.25, -0.2) is 0 Å². The molecule has 0 radical (unpaired) electrons. The molecule has 1 aliphatic heterocycles. The number of hydrogen-bond acceptors (Lipinski definition) is 3. The van der Waals surface area contributed by atoms with Crippen molar-refractivity contribution < 1.29 is 4.79 Å². The van der Waals surface area contributed by atoms with E-state index in [1.54, 1.807) is 0 Å². The molecule has 1 aliphatic carbocycles. The predicted molar refractivity (Wildman–Crippen MR) is 121 cm³/mol. The van der Waals surface area contributed by atoms with Crippen LogP contribution in [0.4, 0.5) is 0 Å². The smallest absolute Gasteiger partial charge is 0.272 e. The van der Waals surface area contributed by atoms with Crippen molar-refractivity contribution in [1.29, 1.82) is 0 Å². The first-order valence-electron chi connectivity index (χ1n) is 11.6. The van der Waals surface area contributed by atoms with Gasteiger partial charge in [-0.05, 0) is 68.7 Å². The molecule has 4 rings (SSSR count). The van der Waals surface area contributed by atoms with Gasteiger partial charge in [-0.1, -0.05) is 38.1 Å². The third-order valence-corrected chi connectivity index (χ3v) is 6.81. The first-order valence-corrected chi connectivity index (χ1v) is 11.6. The van der Waals surface area contributed by atoms with E-state index in [0.717, 1.165) is 63.1 Å². The van der Waals surface area contributed by atoms with Crippen LogP contribution in [-0.2, 0) is 25.8 Å². The minimum Gasteiger partial charge on any atom is -0.336 e. The van der Waals surface area contributed by atoms with Crippen LogP contribution in [0.3, 0.4) is 0 Å². The summed E-state index contributed by atoms with van der Waals surface area (Å²) in [5.41, 5.74) is 4.76. The van der Waals surface area contributed by atoms with Gasteiger partial charge in [0.25, 0.3) is 5.91 Å². The molecule has 2 aromatic rings. The number of piperidine rings is 1. The summed E-state index contributed by atoms with van der Waals surface area (Å²) in [6.07, 6.45) is 5.43. The Labute approximate surface area is 181 Å². The van der Waals surface area contributed by atoms with Crippen molar-refractivity contribution in [3.8, 4) is 0 Å². The summed E-state index contributed by atoms with van der Waals surface area (Å²) in [6.45, 7) is 9.28. The molecule has 162 valence electrons. The first kappa shape index (κ1) is 21.1. The lowest BCUT2D eigenvalue weighted by atomic mass is 10.0. The molecule has 0 unspecified atom stereocenters. The summed E-state index contributed by atoms with van der Waals surface area (Å²) in [7, 11) is 1.98. The van der Waals surface area contributed by atoms with Crippen LogP contribution >= 0.6 is 0 Å². The van der Waals surface area contributed by atoms with Gasteiger partial charge in [-0.2, -0.15) is 5.10 Å². The SMILES string of the molecule is CCn1nc(CC(C)C)cc1C(=O)N(C)[C@@H]1CCCN(C2Cc3ccccc3C2)C1. The summed E-state index contributed by atoms with van der Waals surface area (Å²) >= 11 is 0. The van der Waals surface area contributed by atoms with Crippen molar-refractivity contribution in [1.82, 2.24) is 19.6 Å². The van der Waals surface area contributed by atoms with E-state index in [0.29, 0.717) is 12.0 Å². The highest BCUT2D eigenvalue weighted by molar-refractivity contribution is 5.92. The Morgan fingerprint density at radius 3 is 2.57 bits per heavy atom. The molecule has 2 heterocycles. The maximum Gasteiger partial charge on any atom is 0.272 e. The highest BCUT2D eigenvalue weighted by Crippen LogP contribution is 2.28. The summed E-state index contributed by atoms with van der Waals surface area (Å²) in [4.78, 5) is 18.0. The van der Waals surface area contributed by atoms with Crippen LogP contribution in [0, 0.1) is 5.92 Å². The Morgan fingerprint density at radius 1 is 1.23 bits per heavy atom. The average Bonchev–Trinajstić information content (AvgIpc) is 3.36. The second-order valence-electron chi connectivity index (χ2n) is 9.47. The maximum absolute atomic E-state index is 13.4. The standard InChI is InChI=1S/C25H36N4O/c1-5-29-24(16-21(26-29)13-18(2)3)25(30)27(4)22-11-8-12-28(17-22)23-14-19-9-6-7-10-20(19)15-23/h6-7,9-10,16,18,22-23H,5,8,11-15,17H2,1-4H3/t22-/m1/s1. The third-order valence-electron chi connectivity index (χ3n) is 6.81. The molecule has 5 heteroatoms. The van der Waals surface area contributed by atoms with Crippen molar-refractivity contribution >= 4 is 5.91 Å². The molecule has 1 saturated heterocycles. The van der Waals surface area contributed by atoms with Gasteiger partial charge in [0.2, 0.25) is 0 Å². The number of fused-ring (bicyclic) bond motifs is 1. The average molecular weight is 409 g/mol. The highest BCUT2D eigenvalue weighted by atomic mass is 16.2. The largest absolute Gasteiger partial charge is 0.336 e. The molecule has 0 N–H and O–H groups in total. The van der Waals surface area contributed by atoms with E-state index in [4.69, 9.17) is 0 Å². The van der Waals surface area contributed by atoms with Gasteiger partial charge in [-0.15, -0.1) is 0 Å². The Kier molecular flexibility index (Phi) is 6.28. The predicted octanol–water partition coefficient (Wildman–Crippen LogP) is 3.81. The molecule has 1 fully saturated rings. The number of benzene rings is 1. The Balaban J connectivity index is 1.44. The zero-order chi connectivity index (χ0) is 21.3. The van der Waals surface area contributed by atoms with Gasteiger partial charge < -0.3 is 4.90 Å². The summed E-state index contributed by atoms with van der Waals surface area (Å²) in [6, 6.07) is 11.7. The van der Waals surface area contributed by atoms with Crippen LogP contribution in [0.1, 0.15) is 60.9 Å². The summed E-state index contributed by atoms with van der Waals surface area (Å²) in [5.74, 6) is 0.647. The number of rotatable bonds is 6. The number of amides is 1. The number of likely N-dealkylation sites (tertiary alicyclic amines) is 1. The van der Waals surface area contributed by atoms with Crippen LogP contribution < -0.4 is 0 Å². The van der Waals surface area contributed by atoms with Crippen molar-refractivity contribution in [3.63, 3.8) is 0 Å². The van der Waals surface area contributed by atoms with E-state index in [1.165, 1.54) is 11.1 Å². The van der Waals surface area contributed by atoms with E-state index >= 15 is 0 Å². The lowest BCUT2D eigenvalue weighted by Gasteiger charge is -2.40. The molecule has 30 heavy (non-hydrogen) atoms. The maximum atomic E-state index is 13.4. The minimum absolute atomic E-state index is 0.112. The zero-order valence-corrected chi connectivity index (χ0v) is 19.0. The second kappa shape index (κ2) is 8.93. The van der Waals surface area contributed by atoms with Gasteiger partial charge in [-0.3, -0.25) is 14.4 Å². The molecule has 2 aliphatic rings. The van der Waals surface area contributed by atoms with Gasteiger partial charge in [0.1, 0.15) is 5.69 Å². The van der Waals surface area contributed by atoms with E-state index in [9.17, 15) is 4.79 Å². The third kappa shape index (κ3) is 4.31. The van der Waals surface area contributed by atoms with Crippen molar-refractivity contribution in [3.05, 3.63) is 52.8 Å². The number of likely N-dealkylation sites (N-methyl/N-ethyl adjacent to an activating group) is 1. The highest BCUT2D eigenvalue weighted by Gasteiger charge is 2.33. The second-order valence-corrected chi connectivity index (χ2v) is 9.47. The summed E-state index contributed by atoms with van der Waals surface area (Å²) in [5, 5.41) is 4.68. The topological polar surface area (TPSA) is 41.4 Å². The lowest BCUT2D eigenvalue weighted by Crippen LogP contribution is -2.52. The first-order chi connectivity index (χ1) is 14.5. The Bertz CT molecular complexity index is 862. The van der Waals surface area contributed by atoms with E-state index in [2.05, 4.69) is 55.0 Å². The molecule has 0 saturated carbocycles. The molecule has 1 aromatic carbocycles. The van der Waals surface area contributed by atoms with Gasteiger partial charge in [0.05, 0.1) is 5.69 Å². The number of aromatic nitrogens is 2. The van der Waals surface area contributed by atoms with Gasteiger partial charge >= 0.3 is 0 Å². The molecular weight excluding hydrogens is 372 g/mol. The van der Waals surface area contributed by atoms with Crippen LogP contribution in [0.5, 0.6) is 0 Å². The number of carbonyl (C=O) groups excluding carboxylic acids is 1. The zero-order valence-electron chi connectivity index (χ0n) is 19.0. The molecule has 1 aromatic heterocycles. The van der Waals surface area contributed by atoms with Crippen molar-refractivity contribution in [2.45, 2.75) is 71.5 Å².